The summed E-state index contributed by atoms with van der Waals surface area (Å²) in [7, 11) is 0. The molecule has 1 aliphatic rings. The summed E-state index contributed by atoms with van der Waals surface area (Å²) in [4.78, 5) is 6.16. The van der Waals surface area contributed by atoms with Crippen molar-refractivity contribution >= 4 is 34.0 Å². The fourth-order valence-corrected chi connectivity index (χ4v) is 4.34. The molecule has 0 saturated carbocycles. The Morgan fingerprint density at radius 3 is 2.69 bits per heavy atom. The Morgan fingerprint density at radius 2 is 1.88 bits per heavy atom. The van der Waals surface area contributed by atoms with Gasteiger partial charge in [-0.25, -0.2) is 4.98 Å². The van der Waals surface area contributed by atoms with Crippen LogP contribution in [0.25, 0.3) is 16.7 Å². The third-order valence-electron chi connectivity index (χ3n) is 5.10. The molecule has 128 valence electrons. The number of para-hydroxylation sites is 2. The van der Waals surface area contributed by atoms with E-state index in [2.05, 4.69) is 83.7 Å². The van der Waals surface area contributed by atoms with Gasteiger partial charge in [0.05, 0.1) is 17.1 Å². The molecule has 2 aromatic heterocycles. The lowest BCUT2D eigenvalue weighted by atomic mass is 10.0. The molecule has 1 N–H and O–H groups in total. The van der Waals surface area contributed by atoms with Gasteiger partial charge in [-0.1, -0.05) is 30.3 Å². The number of nitrogens with zero attached hydrogens (tertiary/aromatic N) is 2. The van der Waals surface area contributed by atoms with Crippen LogP contribution in [0.5, 0.6) is 0 Å². The Hall–Kier alpha value is -2.85. The summed E-state index contributed by atoms with van der Waals surface area (Å²) in [6.07, 6.45) is 2.32. The molecule has 0 spiro atoms. The highest BCUT2D eigenvalue weighted by atomic mass is 32.1. The second kappa shape index (κ2) is 5.85. The number of rotatable bonds is 2. The molecular formula is C22H19N3S. The van der Waals surface area contributed by atoms with Gasteiger partial charge in [-0.05, 0) is 66.3 Å². The molecule has 3 heterocycles. The average Bonchev–Trinajstić information content (AvgIpc) is 3.30. The number of thiophene rings is 1. The summed E-state index contributed by atoms with van der Waals surface area (Å²) in [5.74, 6) is 0.903. The molecule has 1 atom stereocenters. The fourth-order valence-electron chi connectivity index (χ4n) is 3.56. The highest BCUT2D eigenvalue weighted by molar-refractivity contribution is 7.10. The maximum Gasteiger partial charge on any atom is 0.209 e. The topological polar surface area (TPSA) is 29.9 Å². The largest absolute Gasteiger partial charge is 0.325 e. The van der Waals surface area contributed by atoms with Crippen molar-refractivity contribution in [3.63, 3.8) is 0 Å². The highest BCUT2D eigenvalue weighted by Crippen LogP contribution is 2.38. The smallest absolute Gasteiger partial charge is 0.209 e. The van der Waals surface area contributed by atoms with Crippen LogP contribution in [0.15, 0.2) is 66.1 Å². The number of benzene rings is 2. The first-order valence-corrected chi connectivity index (χ1v) is 9.65. The van der Waals surface area contributed by atoms with Gasteiger partial charge in [-0.3, -0.25) is 4.57 Å². The molecule has 1 aliphatic heterocycles. The van der Waals surface area contributed by atoms with Gasteiger partial charge in [0, 0.05) is 10.6 Å². The number of hydrogen-bond acceptors (Lipinski definition) is 3. The second-order valence-electron chi connectivity index (χ2n) is 6.76. The van der Waals surface area contributed by atoms with Crippen molar-refractivity contribution in [1.29, 1.82) is 0 Å². The molecule has 0 aliphatic carbocycles. The van der Waals surface area contributed by atoms with E-state index < -0.39 is 0 Å². The Kier molecular flexibility index (Phi) is 3.47. The summed E-state index contributed by atoms with van der Waals surface area (Å²) in [6, 6.07) is 19.4. The van der Waals surface area contributed by atoms with Gasteiger partial charge in [0.25, 0.3) is 0 Å². The van der Waals surface area contributed by atoms with Crippen LogP contribution in [-0.2, 0) is 0 Å². The van der Waals surface area contributed by atoms with E-state index in [9.17, 15) is 0 Å². The Bertz CT molecular complexity index is 1140. The molecule has 0 bridgehead atoms. The van der Waals surface area contributed by atoms with Crippen LogP contribution >= 0.6 is 11.3 Å². The SMILES string of the molecule is Cc1ccc(C2=CC(c3cccs3)n3c(nc4ccccc43)N2)cc1C. The lowest BCUT2D eigenvalue weighted by Crippen LogP contribution is -2.18. The van der Waals surface area contributed by atoms with Crippen LogP contribution in [0.4, 0.5) is 5.95 Å². The van der Waals surface area contributed by atoms with E-state index in [1.165, 1.54) is 21.6 Å². The normalized spacial score (nSPS) is 16.2. The maximum atomic E-state index is 4.84. The zero-order valence-electron chi connectivity index (χ0n) is 14.7. The van der Waals surface area contributed by atoms with Gasteiger partial charge in [0.1, 0.15) is 0 Å². The molecule has 3 nitrogen and oxygen atoms in total. The lowest BCUT2D eigenvalue weighted by Gasteiger charge is -2.26. The molecule has 2 aromatic carbocycles. The molecule has 0 fully saturated rings. The number of nitrogens with one attached hydrogen (secondary N) is 1. The van der Waals surface area contributed by atoms with E-state index in [1.54, 1.807) is 11.3 Å². The first-order valence-electron chi connectivity index (χ1n) is 8.77. The summed E-state index contributed by atoms with van der Waals surface area (Å²) in [6.45, 7) is 4.31. The van der Waals surface area contributed by atoms with E-state index >= 15 is 0 Å². The van der Waals surface area contributed by atoms with Crippen molar-refractivity contribution in [2.45, 2.75) is 19.9 Å². The molecule has 4 aromatic rings. The van der Waals surface area contributed by atoms with Gasteiger partial charge in [-0.15, -0.1) is 11.3 Å². The van der Waals surface area contributed by atoms with Gasteiger partial charge < -0.3 is 5.32 Å². The van der Waals surface area contributed by atoms with Crippen LogP contribution in [0.1, 0.15) is 27.6 Å². The summed E-state index contributed by atoms with van der Waals surface area (Å²) < 4.78 is 2.30. The van der Waals surface area contributed by atoms with Crippen LogP contribution in [0, 0.1) is 13.8 Å². The zero-order valence-corrected chi connectivity index (χ0v) is 15.5. The number of allylic oxidation sites excluding steroid dienone is 1. The first-order chi connectivity index (χ1) is 12.7. The minimum absolute atomic E-state index is 0.148. The number of aromatic nitrogens is 2. The molecule has 0 amide bonds. The van der Waals surface area contributed by atoms with Crippen molar-refractivity contribution < 1.29 is 0 Å². The van der Waals surface area contributed by atoms with E-state index in [1.807, 2.05) is 6.07 Å². The van der Waals surface area contributed by atoms with Crippen molar-refractivity contribution in [3.05, 3.63) is 87.6 Å². The second-order valence-corrected chi connectivity index (χ2v) is 7.74. The van der Waals surface area contributed by atoms with Crippen molar-refractivity contribution in [2.75, 3.05) is 5.32 Å². The van der Waals surface area contributed by atoms with Crippen LogP contribution in [0.3, 0.4) is 0 Å². The number of hydrogen-bond donors (Lipinski definition) is 1. The number of fused-ring (bicyclic) bond motifs is 3. The number of aryl methyl sites for hydroxylation is 2. The van der Waals surface area contributed by atoms with Gasteiger partial charge in [-0.2, -0.15) is 0 Å². The molecule has 0 saturated heterocycles. The Morgan fingerprint density at radius 1 is 1.00 bits per heavy atom. The predicted octanol–water partition coefficient (Wildman–Crippen LogP) is 5.77. The average molecular weight is 357 g/mol. The highest BCUT2D eigenvalue weighted by Gasteiger charge is 2.25. The number of imidazole rings is 1. The molecule has 26 heavy (non-hydrogen) atoms. The third-order valence-corrected chi connectivity index (χ3v) is 6.04. The number of anilines is 1. The Balaban J connectivity index is 1.71. The monoisotopic (exact) mass is 357 g/mol. The quantitative estimate of drug-likeness (QED) is 0.493. The fraction of sp³-hybridized carbons (Fsp3) is 0.136. The predicted molar refractivity (Wildman–Crippen MR) is 110 cm³/mol. The zero-order chi connectivity index (χ0) is 17.7. The van der Waals surface area contributed by atoms with Crippen LogP contribution < -0.4 is 5.32 Å². The summed E-state index contributed by atoms with van der Waals surface area (Å²) in [5.41, 5.74) is 7.11. The van der Waals surface area contributed by atoms with Crippen LogP contribution in [-0.4, -0.2) is 9.55 Å². The van der Waals surface area contributed by atoms with Crippen LogP contribution in [0.2, 0.25) is 0 Å². The third kappa shape index (κ3) is 2.37. The van der Waals surface area contributed by atoms with Gasteiger partial charge >= 0.3 is 0 Å². The molecule has 0 radical (unpaired) electrons. The molecule has 4 heteroatoms. The molecule has 5 rings (SSSR count). The van der Waals surface area contributed by atoms with E-state index in [4.69, 9.17) is 4.98 Å². The van der Waals surface area contributed by atoms with E-state index in [0.29, 0.717) is 0 Å². The van der Waals surface area contributed by atoms with Crippen molar-refractivity contribution in [2.24, 2.45) is 0 Å². The minimum atomic E-state index is 0.148. The van der Waals surface area contributed by atoms with Crippen molar-refractivity contribution in [1.82, 2.24) is 9.55 Å². The van der Waals surface area contributed by atoms with E-state index in [-0.39, 0.29) is 6.04 Å². The first kappa shape index (κ1) is 15.4. The summed E-state index contributed by atoms with van der Waals surface area (Å²) in [5, 5.41) is 5.70. The van der Waals surface area contributed by atoms with Crippen molar-refractivity contribution in [3.8, 4) is 0 Å². The minimum Gasteiger partial charge on any atom is -0.325 e. The van der Waals surface area contributed by atoms with Gasteiger partial charge in [0.2, 0.25) is 5.95 Å². The van der Waals surface area contributed by atoms with Gasteiger partial charge in [0.15, 0.2) is 0 Å². The summed E-state index contributed by atoms with van der Waals surface area (Å²) >= 11 is 1.79. The molecule has 1 unspecified atom stereocenters. The lowest BCUT2D eigenvalue weighted by molar-refractivity contribution is 0.733. The van der Waals surface area contributed by atoms with E-state index in [0.717, 1.165) is 22.7 Å². The maximum absolute atomic E-state index is 4.84. The standard InChI is InChI=1S/C22H19N3S/c1-14-9-10-16(12-15(14)2)18-13-20(21-8-5-11-26-21)25-19-7-4-3-6-17(19)23-22(25)24-18/h3-13,20H,1-2H3,(H,23,24). The Labute approximate surface area is 156 Å². The molecular weight excluding hydrogens is 338 g/mol.